The van der Waals surface area contributed by atoms with E-state index in [0.717, 1.165) is 40.8 Å². The van der Waals surface area contributed by atoms with E-state index in [4.69, 9.17) is 0 Å². The van der Waals surface area contributed by atoms with E-state index in [-0.39, 0.29) is 11.8 Å². The SMILES string of the molecule is Cc1ccc(C(C)C)c(NC(=O)NCCCc2ccc(-c3ncn(-c4ccc(OC(F)(F)F)cc4)n3)cc2)c1. The van der Waals surface area contributed by atoms with Crippen molar-refractivity contribution in [2.24, 2.45) is 0 Å². The molecule has 0 aliphatic carbocycles. The Morgan fingerprint density at radius 3 is 2.41 bits per heavy atom. The van der Waals surface area contributed by atoms with Crippen molar-refractivity contribution in [2.45, 2.75) is 45.9 Å². The maximum Gasteiger partial charge on any atom is 0.573 e. The second kappa shape index (κ2) is 12.0. The van der Waals surface area contributed by atoms with Gasteiger partial charge in [0.2, 0.25) is 0 Å². The molecule has 1 heterocycles. The number of carbonyl (C=O) groups is 1. The van der Waals surface area contributed by atoms with E-state index in [1.807, 2.05) is 49.4 Å². The van der Waals surface area contributed by atoms with E-state index < -0.39 is 6.36 Å². The van der Waals surface area contributed by atoms with Crippen molar-refractivity contribution in [1.82, 2.24) is 20.1 Å². The molecular weight excluding hydrogens is 507 g/mol. The van der Waals surface area contributed by atoms with Crippen molar-refractivity contribution in [1.29, 1.82) is 0 Å². The van der Waals surface area contributed by atoms with Crippen LogP contribution in [0.1, 0.15) is 42.9 Å². The summed E-state index contributed by atoms with van der Waals surface area (Å²) >= 11 is 0. The lowest BCUT2D eigenvalue weighted by Gasteiger charge is -2.15. The molecule has 3 aromatic carbocycles. The monoisotopic (exact) mass is 537 g/mol. The summed E-state index contributed by atoms with van der Waals surface area (Å²) in [4.78, 5) is 16.7. The van der Waals surface area contributed by atoms with E-state index in [9.17, 15) is 18.0 Å². The van der Waals surface area contributed by atoms with E-state index >= 15 is 0 Å². The van der Waals surface area contributed by atoms with Gasteiger partial charge in [0, 0.05) is 17.8 Å². The number of halogens is 3. The molecule has 0 fully saturated rings. The number of ether oxygens (including phenoxy) is 1. The topological polar surface area (TPSA) is 81.1 Å². The first kappa shape index (κ1) is 27.7. The predicted molar refractivity (Wildman–Crippen MR) is 144 cm³/mol. The normalized spacial score (nSPS) is 11.5. The molecule has 4 rings (SSSR count). The first-order chi connectivity index (χ1) is 18.6. The third-order valence-corrected chi connectivity index (χ3v) is 6.05. The molecule has 0 radical (unpaired) electrons. The van der Waals surface area contributed by atoms with Gasteiger partial charge >= 0.3 is 12.4 Å². The van der Waals surface area contributed by atoms with Crippen LogP contribution < -0.4 is 15.4 Å². The molecule has 4 aromatic rings. The minimum absolute atomic E-state index is 0.220. The number of aryl methyl sites for hydroxylation is 2. The molecule has 0 aliphatic rings. The fourth-order valence-electron chi connectivity index (χ4n) is 4.08. The van der Waals surface area contributed by atoms with Gasteiger partial charge in [-0.1, -0.05) is 50.2 Å². The first-order valence-corrected chi connectivity index (χ1v) is 12.6. The van der Waals surface area contributed by atoms with Gasteiger partial charge in [-0.15, -0.1) is 18.3 Å². The van der Waals surface area contributed by atoms with Crippen LogP contribution in [-0.2, 0) is 6.42 Å². The molecule has 39 heavy (non-hydrogen) atoms. The van der Waals surface area contributed by atoms with Crippen LogP contribution in [0, 0.1) is 6.92 Å². The Hall–Kier alpha value is -4.34. The standard InChI is InChI=1S/C29H30F3N5O2/c1-19(2)25-15-6-20(3)17-26(25)35-28(38)33-16-4-5-21-7-9-22(10-8-21)27-34-18-37(36-27)23-11-13-24(14-12-23)39-29(30,31)32/h6-15,17-19H,4-5,16H2,1-3H3,(H2,33,35,38). The third-order valence-electron chi connectivity index (χ3n) is 6.05. The van der Waals surface area contributed by atoms with Crippen LogP contribution in [0.2, 0.25) is 0 Å². The minimum Gasteiger partial charge on any atom is -0.406 e. The number of carbonyl (C=O) groups excluding carboxylic acids is 1. The zero-order valence-electron chi connectivity index (χ0n) is 21.9. The number of rotatable bonds is 9. The third kappa shape index (κ3) is 7.83. The summed E-state index contributed by atoms with van der Waals surface area (Å²) in [7, 11) is 0. The molecule has 7 nitrogen and oxygen atoms in total. The average Bonchev–Trinajstić information content (AvgIpc) is 3.37. The van der Waals surface area contributed by atoms with Crippen LogP contribution in [0.25, 0.3) is 17.1 Å². The van der Waals surface area contributed by atoms with Crippen molar-refractivity contribution < 1.29 is 22.7 Å². The Morgan fingerprint density at radius 1 is 1.03 bits per heavy atom. The molecule has 0 bridgehead atoms. The number of nitrogens with zero attached hydrogens (tertiary/aromatic N) is 3. The molecule has 0 spiro atoms. The van der Waals surface area contributed by atoms with Gasteiger partial charge in [0.05, 0.1) is 5.69 Å². The number of nitrogens with one attached hydrogen (secondary N) is 2. The van der Waals surface area contributed by atoms with Gasteiger partial charge in [0.1, 0.15) is 12.1 Å². The van der Waals surface area contributed by atoms with Crippen molar-refractivity contribution >= 4 is 11.7 Å². The molecule has 0 unspecified atom stereocenters. The molecule has 204 valence electrons. The molecule has 2 amide bonds. The highest BCUT2D eigenvalue weighted by Crippen LogP contribution is 2.26. The zero-order valence-corrected chi connectivity index (χ0v) is 21.9. The summed E-state index contributed by atoms with van der Waals surface area (Å²) in [5.74, 6) is 0.498. The Balaban J connectivity index is 1.26. The Labute approximate surface area is 225 Å². The number of amides is 2. The summed E-state index contributed by atoms with van der Waals surface area (Å²) < 4.78 is 42.4. The molecule has 2 N–H and O–H groups in total. The van der Waals surface area contributed by atoms with Crippen molar-refractivity contribution in [3.63, 3.8) is 0 Å². The van der Waals surface area contributed by atoms with Crippen molar-refractivity contribution in [3.8, 4) is 22.8 Å². The summed E-state index contributed by atoms with van der Waals surface area (Å²) in [6.45, 7) is 6.73. The number of aromatic nitrogens is 3. The fraction of sp³-hybridized carbons (Fsp3) is 0.276. The molecule has 0 aliphatic heterocycles. The number of anilines is 1. The molecular formula is C29H30F3N5O2. The summed E-state index contributed by atoms with van der Waals surface area (Å²) in [6, 6.07) is 19.1. The van der Waals surface area contributed by atoms with Crippen LogP contribution in [0.15, 0.2) is 73.1 Å². The summed E-state index contributed by atoms with van der Waals surface area (Å²) in [5, 5.41) is 10.3. The van der Waals surface area contributed by atoms with E-state index in [2.05, 4.69) is 39.3 Å². The van der Waals surface area contributed by atoms with Gasteiger partial charge in [-0.25, -0.2) is 14.5 Å². The van der Waals surface area contributed by atoms with Crippen LogP contribution in [0.3, 0.4) is 0 Å². The highest BCUT2D eigenvalue weighted by atomic mass is 19.4. The van der Waals surface area contributed by atoms with E-state index in [1.54, 1.807) is 0 Å². The number of hydrogen-bond donors (Lipinski definition) is 2. The van der Waals surface area contributed by atoms with E-state index in [1.165, 1.54) is 35.3 Å². The summed E-state index contributed by atoms with van der Waals surface area (Å²) in [6.07, 6.45) is -1.67. The lowest BCUT2D eigenvalue weighted by atomic mass is 9.99. The number of hydrogen-bond acceptors (Lipinski definition) is 4. The lowest BCUT2D eigenvalue weighted by molar-refractivity contribution is -0.274. The van der Waals surface area contributed by atoms with Gasteiger partial charge in [-0.2, -0.15) is 0 Å². The minimum atomic E-state index is -4.74. The predicted octanol–water partition coefficient (Wildman–Crippen LogP) is 7.02. The van der Waals surface area contributed by atoms with Crippen LogP contribution in [0.5, 0.6) is 5.75 Å². The van der Waals surface area contributed by atoms with Crippen LogP contribution in [-0.4, -0.2) is 33.7 Å². The maximum absolute atomic E-state index is 12.4. The largest absolute Gasteiger partial charge is 0.573 e. The first-order valence-electron chi connectivity index (χ1n) is 12.6. The molecule has 0 saturated heterocycles. The van der Waals surface area contributed by atoms with Gasteiger partial charge in [0.15, 0.2) is 5.82 Å². The summed E-state index contributed by atoms with van der Waals surface area (Å²) in [5.41, 5.74) is 5.51. The molecule has 0 atom stereocenters. The van der Waals surface area contributed by atoms with Gasteiger partial charge in [0.25, 0.3) is 0 Å². The second-order valence-corrected chi connectivity index (χ2v) is 9.48. The van der Waals surface area contributed by atoms with Crippen LogP contribution in [0.4, 0.5) is 23.7 Å². The van der Waals surface area contributed by atoms with E-state index in [0.29, 0.717) is 24.0 Å². The number of benzene rings is 3. The van der Waals surface area contributed by atoms with Gasteiger partial charge in [-0.05, 0) is 72.7 Å². The van der Waals surface area contributed by atoms with Crippen molar-refractivity contribution in [3.05, 3.63) is 89.7 Å². The smallest absolute Gasteiger partial charge is 0.406 e. The van der Waals surface area contributed by atoms with Crippen molar-refractivity contribution in [2.75, 3.05) is 11.9 Å². The quantitative estimate of drug-likeness (QED) is 0.225. The Kier molecular flexibility index (Phi) is 8.53. The zero-order chi connectivity index (χ0) is 28.0. The number of alkyl halides is 3. The Bertz CT molecular complexity index is 1400. The average molecular weight is 538 g/mol. The highest BCUT2D eigenvalue weighted by molar-refractivity contribution is 5.90. The number of urea groups is 1. The Morgan fingerprint density at radius 2 is 1.74 bits per heavy atom. The fourth-order valence-corrected chi connectivity index (χ4v) is 4.08. The van der Waals surface area contributed by atoms with Gasteiger partial charge < -0.3 is 15.4 Å². The van der Waals surface area contributed by atoms with Gasteiger partial charge in [-0.3, -0.25) is 0 Å². The molecule has 1 aromatic heterocycles. The second-order valence-electron chi connectivity index (χ2n) is 9.48. The lowest BCUT2D eigenvalue weighted by Crippen LogP contribution is -2.30. The molecule has 0 saturated carbocycles. The molecule has 10 heteroatoms. The highest BCUT2D eigenvalue weighted by Gasteiger charge is 2.31. The van der Waals surface area contributed by atoms with Crippen LogP contribution >= 0.6 is 0 Å². The maximum atomic E-state index is 12.4.